The quantitative estimate of drug-likeness (QED) is 0.800. The molecule has 4 heterocycles. The number of anilines is 2. The van der Waals surface area contributed by atoms with E-state index < -0.39 is 0 Å². The molecule has 3 aliphatic rings. The van der Waals surface area contributed by atoms with Crippen LogP contribution in [0.3, 0.4) is 0 Å². The first-order chi connectivity index (χ1) is 13.7. The molecule has 2 aromatic rings. The van der Waals surface area contributed by atoms with E-state index in [4.69, 9.17) is 11.6 Å². The Hall–Kier alpha value is -2.93. The molecule has 0 spiro atoms. The minimum Gasteiger partial charge on any atom is -0.341 e. The number of carbonyl (C=O) groups is 1. The first-order valence-electron chi connectivity index (χ1n) is 9.38. The highest BCUT2D eigenvalue weighted by atomic mass is 35.5. The van der Waals surface area contributed by atoms with E-state index in [0.29, 0.717) is 17.1 Å². The fourth-order valence-corrected chi connectivity index (χ4v) is 3.94. The zero-order valence-corrected chi connectivity index (χ0v) is 16.0. The number of fused-ring (bicyclic) bond motifs is 1. The highest BCUT2D eigenvalue weighted by Gasteiger charge is 2.37. The molecule has 1 fully saturated rings. The van der Waals surface area contributed by atoms with Gasteiger partial charge < -0.3 is 4.90 Å². The molecule has 1 atom stereocenters. The Labute approximate surface area is 167 Å². The maximum Gasteiger partial charge on any atom is 0.257 e. The molecule has 0 aliphatic carbocycles. The van der Waals surface area contributed by atoms with E-state index in [-0.39, 0.29) is 11.9 Å². The number of benzene rings is 1. The van der Waals surface area contributed by atoms with Crippen molar-refractivity contribution in [2.24, 2.45) is 5.10 Å². The highest BCUT2D eigenvalue weighted by molar-refractivity contribution is 6.30. The van der Waals surface area contributed by atoms with Gasteiger partial charge in [-0.15, -0.1) is 0 Å². The Bertz CT molecular complexity index is 950. The summed E-state index contributed by atoms with van der Waals surface area (Å²) in [6, 6.07) is 7.28. The third-order valence-electron chi connectivity index (χ3n) is 5.35. The van der Waals surface area contributed by atoms with Crippen LogP contribution < -0.4 is 9.80 Å². The van der Waals surface area contributed by atoms with Gasteiger partial charge in [0, 0.05) is 30.7 Å². The summed E-state index contributed by atoms with van der Waals surface area (Å²) in [7, 11) is 0. The largest absolute Gasteiger partial charge is 0.341 e. The summed E-state index contributed by atoms with van der Waals surface area (Å²) < 4.78 is 0. The number of rotatable bonds is 3. The van der Waals surface area contributed by atoms with Gasteiger partial charge >= 0.3 is 0 Å². The van der Waals surface area contributed by atoms with Crippen LogP contribution in [0.25, 0.3) is 5.57 Å². The molecule has 0 radical (unpaired) electrons. The van der Waals surface area contributed by atoms with Crippen LogP contribution in [0.1, 0.15) is 24.8 Å². The van der Waals surface area contributed by atoms with Crippen molar-refractivity contribution in [1.82, 2.24) is 15.0 Å². The molecule has 1 amide bonds. The van der Waals surface area contributed by atoms with Crippen molar-refractivity contribution in [3.63, 3.8) is 0 Å². The van der Waals surface area contributed by atoms with Gasteiger partial charge in [0.25, 0.3) is 5.91 Å². The summed E-state index contributed by atoms with van der Waals surface area (Å²) in [5.41, 5.74) is 2.75. The predicted molar refractivity (Wildman–Crippen MR) is 109 cm³/mol. The van der Waals surface area contributed by atoms with E-state index >= 15 is 0 Å². The molecule has 1 unspecified atom stereocenters. The molecule has 1 aromatic heterocycles. The monoisotopic (exact) mass is 394 g/mol. The van der Waals surface area contributed by atoms with Crippen molar-refractivity contribution >= 4 is 41.1 Å². The van der Waals surface area contributed by atoms with E-state index in [1.54, 1.807) is 17.4 Å². The Morgan fingerprint density at radius 2 is 1.75 bits per heavy atom. The van der Waals surface area contributed by atoms with Crippen molar-refractivity contribution in [2.45, 2.75) is 25.3 Å². The molecule has 28 heavy (non-hydrogen) atoms. The molecule has 3 aliphatic heterocycles. The Morgan fingerprint density at radius 3 is 2.46 bits per heavy atom. The topological polar surface area (TPSA) is 64.9 Å². The van der Waals surface area contributed by atoms with Gasteiger partial charge in [-0.2, -0.15) is 5.10 Å². The van der Waals surface area contributed by atoms with E-state index in [2.05, 4.69) is 20.0 Å². The second kappa shape index (κ2) is 6.91. The lowest BCUT2D eigenvalue weighted by atomic mass is 10.0. The zero-order chi connectivity index (χ0) is 19.1. The van der Waals surface area contributed by atoms with Crippen LogP contribution in [-0.2, 0) is 4.79 Å². The Kier molecular flexibility index (Phi) is 4.24. The van der Waals surface area contributed by atoms with Crippen LogP contribution >= 0.6 is 11.6 Å². The average molecular weight is 395 g/mol. The van der Waals surface area contributed by atoms with Crippen LogP contribution in [-0.4, -0.2) is 46.4 Å². The van der Waals surface area contributed by atoms with Crippen LogP contribution in [0.15, 0.2) is 48.0 Å². The minimum atomic E-state index is -0.353. The second-order valence-electron chi connectivity index (χ2n) is 7.14. The maximum absolute atomic E-state index is 13.1. The number of hydrogen-bond donors (Lipinski definition) is 0. The van der Waals surface area contributed by atoms with Crippen LogP contribution in [0.4, 0.5) is 11.6 Å². The summed E-state index contributed by atoms with van der Waals surface area (Å²) in [5, 5.41) is 6.85. The zero-order valence-electron chi connectivity index (χ0n) is 15.2. The van der Waals surface area contributed by atoms with Crippen LogP contribution in [0.5, 0.6) is 0 Å². The normalized spacial score (nSPS) is 21.3. The molecule has 5 rings (SSSR count). The van der Waals surface area contributed by atoms with Crippen molar-refractivity contribution in [1.29, 1.82) is 0 Å². The van der Waals surface area contributed by atoms with Crippen molar-refractivity contribution in [2.75, 3.05) is 22.9 Å². The molecular weight excluding hydrogens is 376 g/mol. The number of hydrazone groups is 1. The number of halogens is 1. The average Bonchev–Trinajstić information content (AvgIpc) is 3.40. The van der Waals surface area contributed by atoms with Gasteiger partial charge in [0.15, 0.2) is 0 Å². The van der Waals surface area contributed by atoms with Gasteiger partial charge in [0.1, 0.15) is 12.4 Å². The van der Waals surface area contributed by atoms with Crippen LogP contribution in [0.2, 0.25) is 5.02 Å². The molecule has 0 saturated carbocycles. The van der Waals surface area contributed by atoms with Crippen molar-refractivity contribution in [3.05, 3.63) is 53.4 Å². The van der Waals surface area contributed by atoms with Gasteiger partial charge in [0.2, 0.25) is 5.95 Å². The summed E-state index contributed by atoms with van der Waals surface area (Å²) >= 11 is 5.97. The van der Waals surface area contributed by atoms with Gasteiger partial charge in [0.05, 0.1) is 18.1 Å². The molecule has 0 bridgehead atoms. The second-order valence-corrected chi connectivity index (χ2v) is 7.57. The number of amides is 1. The molecule has 7 nitrogen and oxygen atoms in total. The Morgan fingerprint density at radius 1 is 1.04 bits per heavy atom. The number of hydrogen-bond acceptors (Lipinski definition) is 6. The van der Waals surface area contributed by atoms with E-state index in [0.717, 1.165) is 30.2 Å². The summed E-state index contributed by atoms with van der Waals surface area (Å²) in [6.45, 7) is 1.97. The number of aromatic nitrogens is 2. The fourth-order valence-electron chi connectivity index (χ4n) is 3.82. The lowest BCUT2D eigenvalue weighted by Crippen LogP contribution is -2.47. The number of carbonyl (C=O) groups excluding carboxylic acids is 1. The number of nitrogens with zero attached hydrogens (tertiary/aromatic N) is 6. The van der Waals surface area contributed by atoms with E-state index in [1.807, 2.05) is 30.5 Å². The van der Waals surface area contributed by atoms with Gasteiger partial charge in [-0.1, -0.05) is 23.7 Å². The fraction of sp³-hybridized carbons (Fsp3) is 0.300. The van der Waals surface area contributed by atoms with Crippen molar-refractivity contribution < 1.29 is 4.79 Å². The predicted octanol–water partition coefficient (Wildman–Crippen LogP) is 3.14. The Balaban J connectivity index is 1.33. The van der Waals surface area contributed by atoms with Gasteiger partial charge in [-0.05, 0) is 36.1 Å². The molecule has 0 N–H and O–H groups in total. The third kappa shape index (κ3) is 3.01. The summed E-state index contributed by atoms with van der Waals surface area (Å²) in [4.78, 5) is 25.6. The third-order valence-corrected chi connectivity index (χ3v) is 5.60. The summed E-state index contributed by atoms with van der Waals surface area (Å²) in [5.74, 6) is 0.685. The molecule has 142 valence electrons. The van der Waals surface area contributed by atoms with Gasteiger partial charge in [-0.25, -0.2) is 9.97 Å². The lowest BCUT2D eigenvalue weighted by molar-refractivity contribution is -0.122. The summed E-state index contributed by atoms with van der Waals surface area (Å²) in [6.07, 6.45) is 9.79. The van der Waals surface area contributed by atoms with Crippen LogP contribution in [0, 0.1) is 0 Å². The van der Waals surface area contributed by atoms with Crippen molar-refractivity contribution in [3.8, 4) is 0 Å². The molecular formula is C20H19ClN6O. The maximum atomic E-state index is 13.1. The van der Waals surface area contributed by atoms with Gasteiger partial charge in [-0.3, -0.25) is 14.7 Å². The SMILES string of the molecule is O=C1C2CC(c3ccc(Cl)cc3)=CN2N=CN1c1cnc(N2CCCC2)nc1. The first kappa shape index (κ1) is 17.2. The van der Waals surface area contributed by atoms with E-state index in [9.17, 15) is 4.79 Å². The highest BCUT2D eigenvalue weighted by Crippen LogP contribution is 2.33. The first-order valence-corrected chi connectivity index (χ1v) is 9.76. The lowest BCUT2D eigenvalue weighted by Gasteiger charge is -2.30. The van der Waals surface area contributed by atoms with E-state index in [1.165, 1.54) is 24.1 Å². The smallest absolute Gasteiger partial charge is 0.257 e. The minimum absolute atomic E-state index is 0.0345. The standard InChI is InChI=1S/C20H19ClN6O/c21-16-5-3-14(4-6-16)15-9-18-19(28)26(13-24-27(18)12-15)17-10-22-20(23-11-17)25-7-1-2-8-25/h3-6,10-13,18H,1-2,7-9H2. The molecule has 1 saturated heterocycles. The molecule has 8 heteroatoms. The molecule has 1 aromatic carbocycles.